The molecule has 6 nitrogen and oxygen atoms in total. The summed E-state index contributed by atoms with van der Waals surface area (Å²) in [5.41, 5.74) is 7.17. The molecule has 1 heterocycles. The molecule has 0 atom stereocenters. The Balaban J connectivity index is 1.49. The van der Waals surface area contributed by atoms with E-state index in [2.05, 4.69) is 20.0 Å². The Morgan fingerprint density at radius 3 is 2.46 bits per heavy atom. The van der Waals surface area contributed by atoms with E-state index in [4.69, 9.17) is 10.5 Å². The summed E-state index contributed by atoms with van der Waals surface area (Å²) in [6.45, 7) is 0.310. The molecule has 150 valence electrons. The summed E-state index contributed by atoms with van der Waals surface area (Å²) in [5.74, 6) is 0.433. The normalized spacial score (nSPS) is 15.5. The molecule has 1 fully saturated rings. The van der Waals surface area contributed by atoms with Gasteiger partial charge >= 0.3 is 6.36 Å². The van der Waals surface area contributed by atoms with Crippen LogP contribution in [0.2, 0.25) is 0 Å². The van der Waals surface area contributed by atoms with E-state index in [-0.39, 0.29) is 17.8 Å². The first-order chi connectivity index (χ1) is 13.4. The Morgan fingerprint density at radius 1 is 1.14 bits per heavy atom. The van der Waals surface area contributed by atoms with Crippen LogP contribution in [0.1, 0.15) is 31.2 Å². The first kappa shape index (κ1) is 19.8. The van der Waals surface area contributed by atoms with Gasteiger partial charge in [-0.15, -0.1) is 13.2 Å². The molecule has 1 aromatic carbocycles. The number of alkyl halides is 3. The highest BCUT2D eigenvalue weighted by Crippen LogP contribution is 2.24. The number of halogens is 3. The summed E-state index contributed by atoms with van der Waals surface area (Å²) in [6.07, 6.45) is 1.75. The number of ether oxygens (including phenoxy) is 2. The summed E-state index contributed by atoms with van der Waals surface area (Å²) in [7, 11) is 0. The summed E-state index contributed by atoms with van der Waals surface area (Å²) in [5, 5.41) is 2.81. The topological polar surface area (TPSA) is 81.8 Å². The average molecular weight is 394 g/mol. The van der Waals surface area contributed by atoms with Crippen molar-refractivity contribution in [2.45, 2.75) is 44.7 Å². The van der Waals surface area contributed by atoms with Crippen LogP contribution in [0.5, 0.6) is 11.6 Å². The summed E-state index contributed by atoms with van der Waals surface area (Å²) in [6, 6.07) is 8.90. The SMILES string of the molecule is NC(=NCc1ccc(OC2CCCC2)nc1)Nc1ccc(OC(F)(F)F)cc1. The van der Waals surface area contributed by atoms with Gasteiger partial charge in [0.2, 0.25) is 5.88 Å². The second-order valence-electron chi connectivity index (χ2n) is 6.43. The zero-order valence-electron chi connectivity index (χ0n) is 15.1. The molecule has 2 aromatic rings. The number of guanidine groups is 1. The fourth-order valence-corrected chi connectivity index (χ4v) is 2.85. The number of benzene rings is 1. The van der Waals surface area contributed by atoms with Crippen molar-refractivity contribution in [3.63, 3.8) is 0 Å². The fourth-order valence-electron chi connectivity index (χ4n) is 2.85. The first-order valence-corrected chi connectivity index (χ1v) is 8.92. The number of rotatable bonds is 6. The van der Waals surface area contributed by atoms with Gasteiger partial charge in [0, 0.05) is 18.0 Å². The van der Waals surface area contributed by atoms with Crippen molar-refractivity contribution in [2.24, 2.45) is 10.7 Å². The molecule has 0 bridgehead atoms. The zero-order valence-corrected chi connectivity index (χ0v) is 15.1. The van der Waals surface area contributed by atoms with Crippen molar-refractivity contribution in [1.82, 2.24) is 4.98 Å². The van der Waals surface area contributed by atoms with E-state index >= 15 is 0 Å². The number of nitrogens with zero attached hydrogens (tertiary/aromatic N) is 2. The van der Waals surface area contributed by atoms with Crippen LogP contribution in [-0.2, 0) is 6.54 Å². The molecule has 1 aliphatic carbocycles. The lowest BCUT2D eigenvalue weighted by molar-refractivity contribution is -0.274. The monoisotopic (exact) mass is 394 g/mol. The second-order valence-corrected chi connectivity index (χ2v) is 6.43. The van der Waals surface area contributed by atoms with Crippen molar-refractivity contribution in [3.05, 3.63) is 48.2 Å². The molecular weight excluding hydrogens is 373 g/mol. The van der Waals surface area contributed by atoms with Crippen molar-refractivity contribution in [1.29, 1.82) is 0 Å². The Bertz CT molecular complexity index is 786. The van der Waals surface area contributed by atoms with Gasteiger partial charge in [-0.2, -0.15) is 0 Å². The van der Waals surface area contributed by atoms with Crippen molar-refractivity contribution >= 4 is 11.6 Å². The van der Waals surface area contributed by atoms with Crippen LogP contribution in [-0.4, -0.2) is 23.4 Å². The molecule has 0 radical (unpaired) electrons. The lowest BCUT2D eigenvalue weighted by atomic mass is 10.3. The van der Waals surface area contributed by atoms with Gasteiger partial charge in [-0.1, -0.05) is 6.07 Å². The molecule has 3 rings (SSSR count). The number of nitrogens with two attached hydrogens (primary N) is 1. The molecule has 1 saturated carbocycles. The van der Waals surface area contributed by atoms with Crippen LogP contribution in [0.15, 0.2) is 47.6 Å². The largest absolute Gasteiger partial charge is 0.573 e. The number of anilines is 1. The third-order valence-corrected chi connectivity index (χ3v) is 4.18. The highest BCUT2D eigenvalue weighted by molar-refractivity contribution is 5.92. The van der Waals surface area contributed by atoms with Gasteiger partial charge in [0.05, 0.1) is 6.54 Å². The number of hydrogen-bond acceptors (Lipinski definition) is 4. The molecule has 28 heavy (non-hydrogen) atoms. The second kappa shape index (κ2) is 8.81. The van der Waals surface area contributed by atoms with Crippen molar-refractivity contribution < 1.29 is 22.6 Å². The maximum absolute atomic E-state index is 12.1. The maximum atomic E-state index is 12.1. The number of aromatic nitrogens is 1. The predicted octanol–water partition coefficient (Wildman–Crippen LogP) is 4.23. The van der Waals surface area contributed by atoms with Crippen LogP contribution in [0.25, 0.3) is 0 Å². The molecule has 0 spiro atoms. The first-order valence-electron chi connectivity index (χ1n) is 8.92. The van der Waals surface area contributed by atoms with E-state index < -0.39 is 6.36 Å². The Morgan fingerprint density at radius 2 is 1.86 bits per heavy atom. The van der Waals surface area contributed by atoms with E-state index in [9.17, 15) is 13.2 Å². The number of pyridine rings is 1. The molecule has 1 aromatic heterocycles. The molecule has 9 heteroatoms. The molecule has 0 unspecified atom stereocenters. The highest BCUT2D eigenvalue weighted by atomic mass is 19.4. The van der Waals surface area contributed by atoms with Crippen LogP contribution < -0.4 is 20.5 Å². The maximum Gasteiger partial charge on any atom is 0.573 e. The minimum absolute atomic E-state index is 0.135. The lowest BCUT2D eigenvalue weighted by Crippen LogP contribution is -2.22. The van der Waals surface area contributed by atoms with E-state index in [1.807, 2.05) is 12.1 Å². The van der Waals surface area contributed by atoms with Gasteiger partial charge in [-0.05, 0) is 55.5 Å². The fraction of sp³-hybridized carbons (Fsp3) is 0.368. The van der Waals surface area contributed by atoms with Gasteiger partial charge in [0.1, 0.15) is 11.9 Å². The predicted molar refractivity (Wildman–Crippen MR) is 99.2 cm³/mol. The zero-order chi connectivity index (χ0) is 20.0. The average Bonchev–Trinajstić information content (AvgIpc) is 3.15. The Hall–Kier alpha value is -2.97. The van der Waals surface area contributed by atoms with Gasteiger partial charge in [-0.3, -0.25) is 0 Å². The van der Waals surface area contributed by atoms with Crippen LogP contribution in [0, 0.1) is 0 Å². The molecule has 3 N–H and O–H groups in total. The van der Waals surface area contributed by atoms with Gasteiger partial charge in [0.25, 0.3) is 0 Å². The molecule has 0 amide bonds. The Kier molecular flexibility index (Phi) is 6.23. The summed E-state index contributed by atoms with van der Waals surface area (Å²) >= 11 is 0. The van der Waals surface area contributed by atoms with Crippen LogP contribution in [0.3, 0.4) is 0 Å². The number of hydrogen-bond donors (Lipinski definition) is 2. The van der Waals surface area contributed by atoms with Crippen LogP contribution >= 0.6 is 0 Å². The third kappa shape index (κ3) is 6.33. The lowest BCUT2D eigenvalue weighted by Gasteiger charge is -2.12. The smallest absolute Gasteiger partial charge is 0.474 e. The molecule has 0 saturated heterocycles. The molecule has 0 aliphatic heterocycles. The standard InChI is InChI=1S/C19H21F3N4O2/c20-19(21,22)28-16-8-6-14(7-9-16)26-18(23)25-12-13-5-10-17(24-11-13)27-15-3-1-2-4-15/h5-11,15H,1-4,12H2,(H3,23,25,26). The minimum Gasteiger partial charge on any atom is -0.474 e. The number of aliphatic imine (C=N–C) groups is 1. The van der Waals surface area contributed by atoms with Gasteiger partial charge in [0.15, 0.2) is 5.96 Å². The third-order valence-electron chi connectivity index (χ3n) is 4.18. The van der Waals surface area contributed by atoms with Gasteiger partial charge in [-0.25, -0.2) is 9.98 Å². The van der Waals surface area contributed by atoms with Crippen molar-refractivity contribution in [2.75, 3.05) is 5.32 Å². The van der Waals surface area contributed by atoms with E-state index in [0.717, 1.165) is 18.4 Å². The summed E-state index contributed by atoms with van der Waals surface area (Å²) < 4.78 is 46.1. The van der Waals surface area contributed by atoms with Crippen molar-refractivity contribution in [3.8, 4) is 11.6 Å². The summed E-state index contributed by atoms with van der Waals surface area (Å²) in [4.78, 5) is 8.48. The van der Waals surface area contributed by atoms with Crippen LogP contribution in [0.4, 0.5) is 18.9 Å². The van der Waals surface area contributed by atoms with E-state index in [1.165, 1.54) is 37.1 Å². The van der Waals surface area contributed by atoms with E-state index in [0.29, 0.717) is 18.1 Å². The Labute approximate surface area is 160 Å². The number of nitrogens with one attached hydrogen (secondary N) is 1. The van der Waals surface area contributed by atoms with Gasteiger partial charge < -0.3 is 20.5 Å². The van der Waals surface area contributed by atoms with E-state index in [1.54, 1.807) is 6.20 Å². The highest BCUT2D eigenvalue weighted by Gasteiger charge is 2.30. The molecular formula is C19H21F3N4O2. The quantitative estimate of drug-likeness (QED) is 0.566. The minimum atomic E-state index is -4.72. The molecule has 1 aliphatic rings.